The molecule has 2 nitrogen and oxygen atoms in total. The zero-order chi connectivity index (χ0) is 13.1. The van der Waals surface area contributed by atoms with Crippen molar-refractivity contribution < 1.29 is 14.2 Å². The van der Waals surface area contributed by atoms with E-state index in [-0.39, 0.29) is 5.75 Å². The summed E-state index contributed by atoms with van der Waals surface area (Å²) in [6, 6.07) is 11.8. The summed E-state index contributed by atoms with van der Waals surface area (Å²) in [6.45, 7) is 1.59. The Kier molecular flexibility index (Phi) is 4.19. The summed E-state index contributed by atoms with van der Waals surface area (Å²) in [5, 5.41) is 9.35. The molecule has 0 aliphatic heterocycles. The standard InChI is InChI=1S/C14H12FIO2/c1-9(17)10-2-7-14(13(15)8-10)18-12-5-3-11(16)4-6-12/h2-9,17H,1H3. The van der Waals surface area contributed by atoms with E-state index in [0.29, 0.717) is 11.3 Å². The van der Waals surface area contributed by atoms with Crippen LogP contribution in [-0.2, 0) is 0 Å². The van der Waals surface area contributed by atoms with Gasteiger partial charge in [0.05, 0.1) is 6.10 Å². The van der Waals surface area contributed by atoms with Crippen LogP contribution >= 0.6 is 22.6 Å². The molecule has 0 heterocycles. The molecule has 0 aliphatic carbocycles. The van der Waals surface area contributed by atoms with Crippen molar-refractivity contribution in [2.24, 2.45) is 0 Å². The molecule has 4 heteroatoms. The predicted octanol–water partition coefficient (Wildman–Crippen LogP) is 4.28. The van der Waals surface area contributed by atoms with Crippen LogP contribution in [0.5, 0.6) is 11.5 Å². The minimum atomic E-state index is -0.688. The molecule has 0 aliphatic rings. The highest BCUT2D eigenvalue weighted by molar-refractivity contribution is 14.1. The summed E-state index contributed by atoms with van der Waals surface area (Å²) in [4.78, 5) is 0. The Balaban J connectivity index is 2.22. The molecule has 0 fully saturated rings. The molecular weight excluding hydrogens is 346 g/mol. The van der Waals surface area contributed by atoms with E-state index in [4.69, 9.17) is 4.74 Å². The lowest BCUT2D eigenvalue weighted by molar-refractivity contribution is 0.198. The summed E-state index contributed by atoms with van der Waals surface area (Å²) in [5.74, 6) is 0.256. The molecule has 0 saturated carbocycles. The van der Waals surface area contributed by atoms with Gasteiger partial charge in [-0.1, -0.05) is 6.07 Å². The molecule has 2 aromatic rings. The zero-order valence-corrected chi connectivity index (χ0v) is 11.9. The van der Waals surface area contributed by atoms with Crippen LogP contribution in [-0.4, -0.2) is 5.11 Å². The normalized spacial score (nSPS) is 12.2. The third-order valence-electron chi connectivity index (χ3n) is 2.48. The minimum Gasteiger partial charge on any atom is -0.454 e. The number of ether oxygens (including phenoxy) is 1. The number of halogens is 2. The molecule has 1 unspecified atom stereocenters. The Morgan fingerprint density at radius 2 is 1.83 bits per heavy atom. The molecule has 0 saturated heterocycles. The fourth-order valence-corrected chi connectivity index (χ4v) is 1.85. The van der Waals surface area contributed by atoms with Crippen LogP contribution in [0.1, 0.15) is 18.6 Å². The molecule has 1 N–H and O–H groups in total. The Labute approximate surface area is 119 Å². The largest absolute Gasteiger partial charge is 0.454 e. The van der Waals surface area contributed by atoms with Gasteiger partial charge >= 0.3 is 0 Å². The first-order chi connectivity index (χ1) is 8.56. The third kappa shape index (κ3) is 3.20. The van der Waals surface area contributed by atoms with Crippen molar-refractivity contribution in [1.82, 2.24) is 0 Å². The second kappa shape index (κ2) is 5.67. The van der Waals surface area contributed by atoms with Gasteiger partial charge in [-0.3, -0.25) is 0 Å². The molecule has 1 atom stereocenters. The lowest BCUT2D eigenvalue weighted by atomic mass is 10.1. The highest BCUT2D eigenvalue weighted by Gasteiger charge is 2.08. The second-order valence-electron chi connectivity index (χ2n) is 3.92. The van der Waals surface area contributed by atoms with Gasteiger partial charge in [-0.2, -0.15) is 0 Å². The Bertz CT molecular complexity index is 538. The first-order valence-corrected chi connectivity index (χ1v) is 6.55. The third-order valence-corrected chi connectivity index (χ3v) is 3.20. The van der Waals surface area contributed by atoms with Gasteiger partial charge in [0, 0.05) is 3.57 Å². The maximum absolute atomic E-state index is 13.7. The smallest absolute Gasteiger partial charge is 0.166 e. The zero-order valence-electron chi connectivity index (χ0n) is 9.73. The molecule has 2 aromatic carbocycles. The lowest BCUT2D eigenvalue weighted by Crippen LogP contribution is -1.94. The van der Waals surface area contributed by atoms with E-state index in [1.807, 2.05) is 12.1 Å². The Hall–Kier alpha value is -1.14. The monoisotopic (exact) mass is 358 g/mol. The van der Waals surface area contributed by atoms with E-state index in [0.717, 1.165) is 3.57 Å². The number of aliphatic hydroxyl groups excluding tert-OH is 1. The molecule has 18 heavy (non-hydrogen) atoms. The van der Waals surface area contributed by atoms with Crippen LogP contribution in [0.4, 0.5) is 4.39 Å². The van der Waals surface area contributed by atoms with Crippen molar-refractivity contribution in [3.63, 3.8) is 0 Å². The second-order valence-corrected chi connectivity index (χ2v) is 5.17. The van der Waals surface area contributed by atoms with Crippen LogP contribution in [0.2, 0.25) is 0 Å². The predicted molar refractivity (Wildman–Crippen MR) is 76.3 cm³/mol. The maximum atomic E-state index is 13.7. The average molecular weight is 358 g/mol. The van der Waals surface area contributed by atoms with Crippen molar-refractivity contribution in [3.8, 4) is 11.5 Å². The number of benzene rings is 2. The van der Waals surface area contributed by atoms with Crippen molar-refractivity contribution in [2.75, 3.05) is 0 Å². The van der Waals surface area contributed by atoms with Crippen molar-refractivity contribution in [2.45, 2.75) is 13.0 Å². The van der Waals surface area contributed by atoms with Gasteiger partial charge < -0.3 is 9.84 Å². The SMILES string of the molecule is CC(O)c1ccc(Oc2ccc(I)cc2)c(F)c1. The highest BCUT2D eigenvalue weighted by atomic mass is 127. The summed E-state index contributed by atoms with van der Waals surface area (Å²) in [7, 11) is 0. The van der Waals surface area contributed by atoms with Crippen LogP contribution < -0.4 is 4.74 Å². The average Bonchev–Trinajstić information content (AvgIpc) is 2.34. The van der Waals surface area contributed by atoms with Gasteiger partial charge in [0.2, 0.25) is 0 Å². The lowest BCUT2D eigenvalue weighted by Gasteiger charge is -2.09. The van der Waals surface area contributed by atoms with E-state index in [2.05, 4.69) is 22.6 Å². The topological polar surface area (TPSA) is 29.5 Å². The van der Waals surface area contributed by atoms with E-state index >= 15 is 0 Å². The quantitative estimate of drug-likeness (QED) is 0.831. The van der Waals surface area contributed by atoms with Crippen molar-refractivity contribution in [1.29, 1.82) is 0 Å². The highest BCUT2D eigenvalue weighted by Crippen LogP contribution is 2.27. The van der Waals surface area contributed by atoms with E-state index in [9.17, 15) is 9.50 Å². The van der Waals surface area contributed by atoms with Crippen LogP contribution in [0, 0.1) is 9.39 Å². The molecule has 0 amide bonds. The molecule has 0 aromatic heterocycles. The van der Waals surface area contributed by atoms with Gasteiger partial charge in [0.25, 0.3) is 0 Å². The molecule has 0 bridgehead atoms. The Morgan fingerprint density at radius 3 is 2.39 bits per heavy atom. The van der Waals surface area contributed by atoms with Gasteiger partial charge in [0.15, 0.2) is 11.6 Å². The fourth-order valence-electron chi connectivity index (χ4n) is 1.49. The Morgan fingerprint density at radius 1 is 1.17 bits per heavy atom. The number of aliphatic hydroxyl groups is 1. The maximum Gasteiger partial charge on any atom is 0.166 e. The number of hydrogen-bond acceptors (Lipinski definition) is 2. The summed E-state index contributed by atoms with van der Waals surface area (Å²) >= 11 is 2.19. The van der Waals surface area contributed by atoms with Crippen molar-refractivity contribution >= 4 is 22.6 Å². The molecule has 0 spiro atoms. The molecule has 0 radical (unpaired) electrons. The first-order valence-electron chi connectivity index (χ1n) is 5.47. The molecular formula is C14H12FIO2. The van der Waals surface area contributed by atoms with Crippen LogP contribution in [0.25, 0.3) is 0 Å². The van der Waals surface area contributed by atoms with E-state index in [1.54, 1.807) is 25.1 Å². The molecule has 94 valence electrons. The number of hydrogen-bond donors (Lipinski definition) is 1. The van der Waals surface area contributed by atoms with Crippen LogP contribution in [0.3, 0.4) is 0 Å². The molecule has 2 rings (SSSR count). The summed E-state index contributed by atoms with van der Waals surface area (Å²) in [5.41, 5.74) is 0.530. The summed E-state index contributed by atoms with van der Waals surface area (Å²) in [6.07, 6.45) is -0.688. The minimum absolute atomic E-state index is 0.153. The summed E-state index contributed by atoms with van der Waals surface area (Å²) < 4.78 is 20.3. The van der Waals surface area contributed by atoms with Crippen molar-refractivity contribution in [3.05, 3.63) is 57.4 Å². The van der Waals surface area contributed by atoms with Gasteiger partial charge in [-0.15, -0.1) is 0 Å². The van der Waals surface area contributed by atoms with Gasteiger partial charge in [0.1, 0.15) is 5.75 Å². The number of rotatable bonds is 3. The fraction of sp³-hybridized carbons (Fsp3) is 0.143. The van der Waals surface area contributed by atoms with E-state index < -0.39 is 11.9 Å². The van der Waals surface area contributed by atoms with Crippen LogP contribution in [0.15, 0.2) is 42.5 Å². The van der Waals surface area contributed by atoms with Gasteiger partial charge in [-0.05, 0) is 71.5 Å². The van der Waals surface area contributed by atoms with E-state index in [1.165, 1.54) is 12.1 Å². The first kappa shape index (κ1) is 13.3. The van der Waals surface area contributed by atoms with Gasteiger partial charge in [-0.25, -0.2) is 4.39 Å².